The van der Waals surface area contributed by atoms with Gasteiger partial charge in [-0.05, 0) is 31.8 Å². The van der Waals surface area contributed by atoms with Gasteiger partial charge in [0.25, 0.3) is 0 Å². The normalized spacial score (nSPS) is 23.7. The molecule has 0 radical (unpaired) electrons. The molecular weight excluding hydrogens is 352 g/mol. The predicted octanol–water partition coefficient (Wildman–Crippen LogP) is 2.27. The van der Waals surface area contributed by atoms with Crippen molar-refractivity contribution in [2.45, 2.75) is 51.7 Å². The van der Waals surface area contributed by atoms with Crippen molar-refractivity contribution in [1.82, 2.24) is 24.9 Å². The van der Waals surface area contributed by atoms with E-state index in [1.165, 1.54) is 38.8 Å². The molecule has 0 bridgehead atoms. The summed E-state index contributed by atoms with van der Waals surface area (Å²) in [4.78, 5) is 9.59. The average molecular weight is 391 g/mol. The largest absolute Gasteiger partial charge is 0.370 e. The summed E-state index contributed by atoms with van der Waals surface area (Å²) < 4.78 is 7.82. The van der Waals surface area contributed by atoms with Crippen LogP contribution in [-0.4, -0.2) is 78.0 Å². The topological polar surface area (TPSA) is 57.9 Å². The van der Waals surface area contributed by atoms with Gasteiger partial charge < -0.3 is 15.0 Å². The minimum atomic E-state index is 0.0486. The molecule has 0 spiro atoms. The van der Waals surface area contributed by atoms with E-state index in [0.717, 1.165) is 31.2 Å². The van der Waals surface area contributed by atoms with Gasteiger partial charge in [0.1, 0.15) is 6.10 Å². The lowest BCUT2D eigenvalue weighted by Crippen LogP contribution is -2.53. The Labute approximate surface area is 170 Å². The van der Waals surface area contributed by atoms with Crippen molar-refractivity contribution >= 4 is 5.96 Å². The summed E-state index contributed by atoms with van der Waals surface area (Å²) in [6, 6.07) is 0.546. The van der Waals surface area contributed by atoms with Gasteiger partial charge in [-0.2, -0.15) is 5.10 Å². The molecule has 2 aliphatic heterocycles. The van der Waals surface area contributed by atoms with Crippen LogP contribution in [0.3, 0.4) is 0 Å². The zero-order valence-electron chi connectivity index (χ0n) is 18.1. The molecule has 2 saturated heterocycles. The minimum absolute atomic E-state index is 0.0486. The van der Waals surface area contributed by atoms with Crippen LogP contribution < -0.4 is 5.32 Å². The predicted molar refractivity (Wildman–Crippen MR) is 114 cm³/mol. The number of ether oxygens (including phenoxy) is 1. The van der Waals surface area contributed by atoms with Gasteiger partial charge in [-0.3, -0.25) is 14.6 Å². The van der Waals surface area contributed by atoms with Crippen LogP contribution in [0.25, 0.3) is 0 Å². The fraction of sp³-hybridized carbons (Fsp3) is 0.810. The number of nitrogens with one attached hydrogen (secondary N) is 1. The van der Waals surface area contributed by atoms with Gasteiger partial charge in [-0.1, -0.05) is 26.7 Å². The number of nitrogens with zero attached hydrogens (tertiary/aromatic N) is 5. The highest BCUT2D eigenvalue weighted by Crippen LogP contribution is 2.22. The lowest BCUT2D eigenvalue weighted by atomic mass is 10.0. The summed E-state index contributed by atoms with van der Waals surface area (Å²) >= 11 is 0. The molecule has 0 saturated carbocycles. The van der Waals surface area contributed by atoms with E-state index in [1.807, 2.05) is 31.2 Å². The third-order valence-corrected chi connectivity index (χ3v) is 6.02. The Morgan fingerprint density at radius 2 is 2.00 bits per heavy atom. The van der Waals surface area contributed by atoms with E-state index in [2.05, 4.69) is 39.1 Å². The van der Waals surface area contributed by atoms with Gasteiger partial charge in [0.05, 0.1) is 19.3 Å². The number of rotatable bonds is 5. The quantitative estimate of drug-likeness (QED) is 0.617. The third-order valence-electron chi connectivity index (χ3n) is 6.02. The molecule has 7 nitrogen and oxygen atoms in total. The second kappa shape index (κ2) is 10.3. The van der Waals surface area contributed by atoms with Crippen LogP contribution in [0.1, 0.15) is 51.2 Å². The van der Waals surface area contributed by atoms with E-state index in [-0.39, 0.29) is 6.10 Å². The van der Waals surface area contributed by atoms with E-state index in [9.17, 15) is 0 Å². The monoisotopic (exact) mass is 390 g/mol. The fourth-order valence-electron chi connectivity index (χ4n) is 4.39. The maximum Gasteiger partial charge on any atom is 0.193 e. The van der Waals surface area contributed by atoms with Crippen LogP contribution >= 0.6 is 0 Å². The Morgan fingerprint density at radius 1 is 1.25 bits per heavy atom. The summed E-state index contributed by atoms with van der Waals surface area (Å²) in [6.07, 6.45) is 9.40. The molecule has 2 fully saturated rings. The van der Waals surface area contributed by atoms with Crippen LogP contribution in [0.5, 0.6) is 0 Å². The van der Waals surface area contributed by atoms with E-state index in [0.29, 0.717) is 18.6 Å². The first-order valence-corrected chi connectivity index (χ1v) is 10.9. The standard InChI is InChI=1S/C21H38N6O/c1-17(2)19(26-9-7-5-6-8-10-26)14-23-21(22-3)27-11-12-28-20(16-27)18-13-24-25(4)15-18/h13,15,17,19-20H,5-12,14,16H2,1-4H3,(H,22,23). The van der Waals surface area contributed by atoms with Crippen molar-refractivity contribution in [2.75, 3.05) is 46.4 Å². The van der Waals surface area contributed by atoms with Crippen molar-refractivity contribution < 1.29 is 4.74 Å². The van der Waals surface area contributed by atoms with E-state index >= 15 is 0 Å². The molecule has 0 aliphatic carbocycles. The highest BCUT2D eigenvalue weighted by Gasteiger charge is 2.27. The smallest absolute Gasteiger partial charge is 0.193 e. The molecular formula is C21H38N6O. The second-order valence-corrected chi connectivity index (χ2v) is 8.44. The number of guanidine groups is 1. The number of likely N-dealkylation sites (tertiary alicyclic amines) is 1. The third kappa shape index (κ3) is 5.47. The van der Waals surface area contributed by atoms with Gasteiger partial charge >= 0.3 is 0 Å². The van der Waals surface area contributed by atoms with Gasteiger partial charge in [-0.25, -0.2) is 0 Å². The zero-order chi connectivity index (χ0) is 19.9. The van der Waals surface area contributed by atoms with Gasteiger partial charge in [-0.15, -0.1) is 0 Å². The Balaban J connectivity index is 1.59. The second-order valence-electron chi connectivity index (χ2n) is 8.44. The summed E-state index contributed by atoms with van der Waals surface area (Å²) in [5.41, 5.74) is 1.13. The fourth-order valence-corrected chi connectivity index (χ4v) is 4.39. The van der Waals surface area contributed by atoms with Crippen molar-refractivity contribution in [3.05, 3.63) is 18.0 Å². The summed E-state index contributed by atoms with van der Waals surface area (Å²) in [5.74, 6) is 1.61. The van der Waals surface area contributed by atoms with Crippen molar-refractivity contribution in [2.24, 2.45) is 18.0 Å². The highest BCUT2D eigenvalue weighted by molar-refractivity contribution is 5.80. The molecule has 2 unspecified atom stereocenters. The van der Waals surface area contributed by atoms with Crippen molar-refractivity contribution in [1.29, 1.82) is 0 Å². The molecule has 0 aromatic carbocycles. The molecule has 1 aromatic heterocycles. The SMILES string of the molecule is CN=C(NCC(C(C)C)N1CCCCCC1)N1CCOC(c2cnn(C)c2)C1. The molecule has 2 aliphatic rings. The van der Waals surface area contributed by atoms with E-state index in [1.54, 1.807) is 0 Å². The molecule has 158 valence electrons. The molecule has 0 amide bonds. The average Bonchev–Trinajstić information content (AvgIpc) is 2.96. The highest BCUT2D eigenvalue weighted by atomic mass is 16.5. The number of aromatic nitrogens is 2. The number of hydrogen-bond acceptors (Lipinski definition) is 4. The first-order chi connectivity index (χ1) is 13.6. The van der Waals surface area contributed by atoms with Gasteiger partial charge in [0.2, 0.25) is 0 Å². The number of aryl methyl sites for hydroxylation is 1. The van der Waals surface area contributed by atoms with Crippen LogP contribution in [0.4, 0.5) is 0 Å². The first-order valence-electron chi connectivity index (χ1n) is 10.9. The molecule has 3 rings (SSSR count). The lowest BCUT2D eigenvalue weighted by Gasteiger charge is -2.37. The number of aliphatic imine (C=N–C) groups is 1. The van der Waals surface area contributed by atoms with Crippen LogP contribution in [0, 0.1) is 5.92 Å². The molecule has 2 atom stereocenters. The molecule has 3 heterocycles. The maximum atomic E-state index is 5.99. The Hall–Kier alpha value is -1.60. The van der Waals surface area contributed by atoms with E-state index < -0.39 is 0 Å². The summed E-state index contributed by atoms with van der Waals surface area (Å²) in [7, 11) is 3.83. The Morgan fingerprint density at radius 3 is 2.61 bits per heavy atom. The zero-order valence-corrected chi connectivity index (χ0v) is 18.1. The molecule has 1 N–H and O–H groups in total. The summed E-state index contributed by atoms with van der Waals surface area (Å²) in [6.45, 7) is 10.5. The lowest BCUT2D eigenvalue weighted by molar-refractivity contribution is -0.00819. The van der Waals surface area contributed by atoms with Gasteiger partial charge in [0, 0.05) is 45.0 Å². The first kappa shape index (κ1) is 21.1. The molecule has 28 heavy (non-hydrogen) atoms. The van der Waals surface area contributed by atoms with Crippen molar-refractivity contribution in [3.63, 3.8) is 0 Å². The number of morpholine rings is 1. The van der Waals surface area contributed by atoms with Crippen molar-refractivity contribution in [3.8, 4) is 0 Å². The van der Waals surface area contributed by atoms with E-state index in [4.69, 9.17) is 4.74 Å². The van der Waals surface area contributed by atoms with Gasteiger partial charge in [0.15, 0.2) is 5.96 Å². The minimum Gasteiger partial charge on any atom is -0.370 e. The maximum absolute atomic E-state index is 5.99. The van der Waals surface area contributed by atoms with Crippen LogP contribution in [0.15, 0.2) is 17.4 Å². The Kier molecular flexibility index (Phi) is 7.73. The molecule has 7 heteroatoms. The summed E-state index contributed by atoms with van der Waals surface area (Å²) in [5, 5.41) is 7.96. The molecule has 1 aromatic rings. The van der Waals surface area contributed by atoms with Crippen LogP contribution in [-0.2, 0) is 11.8 Å². The number of hydrogen-bond donors (Lipinski definition) is 1. The Bertz CT molecular complexity index is 620. The van der Waals surface area contributed by atoms with Crippen LogP contribution in [0.2, 0.25) is 0 Å².